The van der Waals surface area contributed by atoms with Crippen molar-refractivity contribution in [1.82, 2.24) is 14.8 Å². The van der Waals surface area contributed by atoms with Crippen LogP contribution in [0.5, 0.6) is 0 Å². The lowest BCUT2D eigenvalue weighted by molar-refractivity contribution is -0.136. The van der Waals surface area contributed by atoms with Crippen molar-refractivity contribution in [2.45, 2.75) is 19.3 Å². The quantitative estimate of drug-likeness (QED) is 0.793. The lowest BCUT2D eigenvalue weighted by Gasteiger charge is -2.34. The molecule has 2 N–H and O–H groups in total. The molecule has 2 aliphatic heterocycles. The SMILES string of the molecule is CN1CCC(C(=O)N2CC=C(c3ccc(NC(=O)Nc4ccccn4)cc3)CC2)CC1. The highest BCUT2D eigenvalue weighted by Crippen LogP contribution is 2.26. The number of carbonyl (C=O) groups is 2. The molecule has 0 saturated carbocycles. The summed E-state index contributed by atoms with van der Waals surface area (Å²) in [6.45, 7) is 3.45. The number of rotatable bonds is 4. The van der Waals surface area contributed by atoms with E-state index in [4.69, 9.17) is 0 Å². The molecule has 0 radical (unpaired) electrons. The Bertz CT molecular complexity index is 934. The maximum absolute atomic E-state index is 12.8. The summed E-state index contributed by atoms with van der Waals surface area (Å²) in [7, 11) is 2.12. The Morgan fingerprint density at radius 1 is 1.00 bits per heavy atom. The summed E-state index contributed by atoms with van der Waals surface area (Å²) in [6.07, 6.45) is 6.57. The summed E-state index contributed by atoms with van der Waals surface area (Å²) in [6, 6.07) is 12.8. The molecule has 2 aromatic rings. The highest BCUT2D eigenvalue weighted by atomic mass is 16.2. The van der Waals surface area contributed by atoms with Gasteiger partial charge in [-0.05, 0) is 74.8 Å². The molecule has 1 saturated heterocycles. The molecule has 1 fully saturated rings. The Morgan fingerprint density at radius 3 is 2.42 bits per heavy atom. The minimum atomic E-state index is -0.327. The van der Waals surface area contributed by atoms with Crippen molar-refractivity contribution in [1.29, 1.82) is 0 Å². The summed E-state index contributed by atoms with van der Waals surface area (Å²) in [5.41, 5.74) is 3.09. The summed E-state index contributed by atoms with van der Waals surface area (Å²) < 4.78 is 0. The highest BCUT2D eigenvalue weighted by molar-refractivity contribution is 5.99. The second-order valence-electron chi connectivity index (χ2n) is 8.21. The molecule has 162 valence electrons. The number of likely N-dealkylation sites (tertiary alicyclic amines) is 1. The number of anilines is 2. The van der Waals surface area contributed by atoms with E-state index in [1.807, 2.05) is 35.2 Å². The van der Waals surface area contributed by atoms with Crippen LogP contribution in [0.1, 0.15) is 24.8 Å². The van der Waals surface area contributed by atoms with Crippen molar-refractivity contribution in [2.75, 3.05) is 43.9 Å². The maximum atomic E-state index is 12.8. The van der Waals surface area contributed by atoms with E-state index >= 15 is 0 Å². The fraction of sp³-hybridized carbons (Fsp3) is 0.375. The average molecular weight is 420 g/mol. The largest absolute Gasteiger partial charge is 0.338 e. The predicted molar refractivity (Wildman–Crippen MR) is 123 cm³/mol. The van der Waals surface area contributed by atoms with Gasteiger partial charge in [0.25, 0.3) is 0 Å². The fourth-order valence-corrected chi connectivity index (χ4v) is 4.13. The third-order valence-electron chi connectivity index (χ3n) is 6.01. The van der Waals surface area contributed by atoms with Crippen LogP contribution >= 0.6 is 0 Å². The first-order valence-electron chi connectivity index (χ1n) is 10.8. The zero-order valence-corrected chi connectivity index (χ0v) is 17.9. The van der Waals surface area contributed by atoms with Crippen LogP contribution in [0.2, 0.25) is 0 Å². The third-order valence-corrected chi connectivity index (χ3v) is 6.01. The van der Waals surface area contributed by atoms with Crippen molar-refractivity contribution in [3.63, 3.8) is 0 Å². The topological polar surface area (TPSA) is 77.6 Å². The summed E-state index contributed by atoms with van der Waals surface area (Å²) >= 11 is 0. The molecule has 7 nitrogen and oxygen atoms in total. The monoisotopic (exact) mass is 419 g/mol. The second-order valence-corrected chi connectivity index (χ2v) is 8.21. The number of pyridine rings is 1. The van der Waals surface area contributed by atoms with E-state index < -0.39 is 0 Å². The number of amides is 3. The number of urea groups is 1. The summed E-state index contributed by atoms with van der Waals surface area (Å²) in [5.74, 6) is 0.985. The van der Waals surface area contributed by atoms with E-state index in [0.29, 0.717) is 24.0 Å². The average Bonchev–Trinajstić information content (AvgIpc) is 2.80. The van der Waals surface area contributed by atoms with Crippen molar-refractivity contribution >= 4 is 29.0 Å². The molecule has 0 atom stereocenters. The van der Waals surface area contributed by atoms with Crippen molar-refractivity contribution in [3.8, 4) is 0 Å². The normalized spacial score (nSPS) is 17.7. The first-order chi connectivity index (χ1) is 15.1. The predicted octanol–water partition coefficient (Wildman–Crippen LogP) is 3.68. The van der Waals surface area contributed by atoms with E-state index in [0.717, 1.165) is 44.5 Å². The van der Waals surface area contributed by atoms with Crippen LogP contribution in [0.3, 0.4) is 0 Å². The number of aromatic nitrogens is 1. The maximum Gasteiger partial charge on any atom is 0.324 e. The lowest BCUT2D eigenvalue weighted by atomic mass is 9.93. The zero-order valence-electron chi connectivity index (χ0n) is 17.9. The van der Waals surface area contributed by atoms with Gasteiger partial charge < -0.3 is 15.1 Å². The molecular weight excluding hydrogens is 390 g/mol. The number of nitrogens with one attached hydrogen (secondary N) is 2. The van der Waals surface area contributed by atoms with Gasteiger partial charge in [0.05, 0.1) is 0 Å². The van der Waals surface area contributed by atoms with Crippen molar-refractivity contribution in [3.05, 3.63) is 60.3 Å². The number of carbonyl (C=O) groups excluding carboxylic acids is 2. The molecular formula is C24H29N5O2. The van der Waals surface area contributed by atoms with Crippen LogP contribution in [-0.4, -0.2) is 59.9 Å². The molecule has 3 heterocycles. The Hall–Kier alpha value is -3.19. The van der Waals surface area contributed by atoms with Crippen LogP contribution in [-0.2, 0) is 4.79 Å². The molecule has 4 rings (SSSR count). The molecule has 0 unspecified atom stereocenters. The van der Waals surface area contributed by atoms with E-state index in [-0.39, 0.29) is 11.9 Å². The molecule has 7 heteroatoms. The van der Waals surface area contributed by atoms with Gasteiger partial charge in [0, 0.05) is 30.9 Å². The van der Waals surface area contributed by atoms with Crippen LogP contribution in [0.25, 0.3) is 5.57 Å². The summed E-state index contributed by atoms with van der Waals surface area (Å²) in [4.78, 5) is 33.3. The van der Waals surface area contributed by atoms with Crippen molar-refractivity contribution in [2.24, 2.45) is 5.92 Å². The Balaban J connectivity index is 1.30. The number of hydrogen-bond acceptors (Lipinski definition) is 4. The molecule has 1 aromatic heterocycles. The number of piperidine rings is 1. The number of benzene rings is 1. The second kappa shape index (κ2) is 9.75. The van der Waals surface area contributed by atoms with Crippen LogP contribution in [0.15, 0.2) is 54.7 Å². The molecule has 2 aliphatic rings. The Labute approximate surface area is 183 Å². The molecule has 0 aliphatic carbocycles. The molecule has 0 bridgehead atoms. The van der Waals surface area contributed by atoms with Gasteiger partial charge in [0.15, 0.2) is 0 Å². The van der Waals surface area contributed by atoms with Gasteiger partial charge in [-0.1, -0.05) is 24.3 Å². The Kier molecular flexibility index (Phi) is 6.62. The van der Waals surface area contributed by atoms with Crippen molar-refractivity contribution < 1.29 is 9.59 Å². The molecule has 31 heavy (non-hydrogen) atoms. The van der Waals surface area contributed by atoms with Gasteiger partial charge in [0.1, 0.15) is 5.82 Å². The van der Waals surface area contributed by atoms with Gasteiger partial charge in [-0.2, -0.15) is 0 Å². The van der Waals surface area contributed by atoms with E-state index in [9.17, 15) is 9.59 Å². The van der Waals surface area contributed by atoms with Gasteiger partial charge >= 0.3 is 6.03 Å². The van der Waals surface area contributed by atoms with E-state index in [2.05, 4.69) is 33.6 Å². The number of hydrogen-bond donors (Lipinski definition) is 2. The van der Waals surface area contributed by atoms with Crippen LogP contribution in [0, 0.1) is 5.92 Å². The standard InChI is InChI=1S/C24H29N5O2/c1-28-14-9-20(10-15-28)23(30)29-16-11-19(12-17-29)18-5-7-21(8-6-18)26-24(31)27-22-4-2-3-13-25-22/h2-8,11,13,20H,9-10,12,14-17H2,1H3,(H2,25,26,27,31). The molecule has 3 amide bonds. The van der Waals surface area contributed by atoms with Gasteiger partial charge in [-0.25, -0.2) is 9.78 Å². The van der Waals surface area contributed by atoms with Gasteiger partial charge in [0.2, 0.25) is 5.91 Å². The summed E-state index contributed by atoms with van der Waals surface area (Å²) in [5, 5.41) is 5.52. The van der Waals surface area contributed by atoms with E-state index in [1.54, 1.807) is 18.3 Å². The van der Waals surface area contributed by atoms with Gasteiger partial charge in [-0.3, -0.25) is 10.1 Å². The fourth-order valence-electron chi connectivity index (χ4n) is 4.13. The van der Waals surface area contributed by atoms with E-state index in [1.165, 1.54) is 5.57 Å². The van der Waals surface area contributed by atoms with Gasteiger partial charge in [-0.15, -0.1) is 0 Å². The number of nitrogens with zero attached hydrogens (tertiary/aromatic N) is 3. The Morgan fingerprint density at radius 2 is 1.77 bits per heavy atom. The minimum absolute atomic E-state index is 0.175. The van der Waals surface area contributed by atoms with Crippen LogP contribution < -0.4 is 10.6 Å². The minimum Gasteiger partial charge on any atom is -0.338 e. The third kappa shape index (κ3) is 5.49. The lowest BCUT2D eigenvalue weighted by Crippen LogP contribution is -2.43. The smallest absolute Gasteiger partial charge is 0.324 e. The first-order valence-corrected chi connectivity index (χ1v) is 10.8. The zero-order chi connectivity index (χ0) is 21.6. The molecule has 0 spiro atoms. The van der Waals surface area contributed by atoms with Crippen LogP contribution in [0.4, 0.5) is 16.3 Å². The molecule has 1 aromatic carbocycles. The first kappa shape index (κ1) is 21.1. The highest BCUT2D eigenvalue weighted by Gasteiger charge is 2.28.